The van der Waals surface area contributed by atoms with E-state index < -0.39 is 0 Å². The molecule has 0 saturated heterocycles. The van der Waals surface area contributed by atoms with Crippen molar-refractivity contribution in [3.05, 3.63) is 59.7 Å². The van der Waals surface area contributed by atoms with Gasteiger partial charge in [0.15, 0.2) is 0 Å². The first kappa shape index (κ1) is 15.4. The molecule has 2 aromatic carbocycles. The normalized spacial score (nSPS) is 10.2. The zero-order valence-electron chi connectivity index (χ0n) is 11.7. The van der Waals surface area contributed by atoms with Crippen LogP contribution in [0.1, 0.15) is 11.1 Å². The molecule has 0 aliphatic carbocycles. The summed E-state index contributed by atoms with van der Waals surface area (Å²) in [6.07, 6.45) is 1.20. The van der Waals surface area contributed by atoms with E-state index in [1.807, 2.05) is 48.5 Å². The fraction of sp³-hybridized carbons (Fsp3) is 0.250. The highest BCUT2D eigenvalue weighted by atomic mass is 16.6. The highest BCUT2D eigenvalue weighted by Crippen LogP contribution is 2.16. The Morgan fingerprint density at radius 2 is 1.24 bits per heavy atom. The van der Waals surface area contributed by atoms with Crippen LogP contribution in [0.5, 0.6) is 11.5 Å². The summed E-state index contributed by atoms with van der Waals surface area (Å²) in [7, 11) is 1.27. The minimum absolute atomic E-state index is 0.112. The first-order valence-electron chi connectivity index (χ1n) is 6.86. The maximum absolute atomic E-state index is 8.91. The number of hydrogen-bond donors (Lipinski definition) is 2. The van der Waals surface area contributed by atoms with Gasteiger partial charge in [-0.05, 0) is 48.2 Å². The van der Waals surface area contributed by atoms with Crippen molar-refractivity contribution in [3.63, 3.8) is 0 Å². The fourth-order valence-electron chi connectivity index (χ4n) is 1.94. The Hall–Kier alpha value is -1.98. The van der Waals surface area contributed by atoms with Gasteiger partial charge in [-0.25, -0.2) is 0 Å². The van der Waals surface area contributed by atoms with Gasteiger partial charge in [-0.1, -0.05) is 24.3 Å². The van der Waals surface area contributed by atoms with Crippen LogP contribution in [0.25, 0.3) is 0 Å². The molecule has 1 radical (unpaired) electrons. The fourth-order valence-corrected chi connectivity index (χ4v) is 1.94. The Labute approximate surface area is 125 Å². The van der Waals surface area contributed by atoms with E-state index in [2.05, 4.69) is 0 Å². The van der Waals surface area contributed by atoms with Crippen LogP contribution in [-0.2, 0) is 12.8 Å². The topological polar surface area (TPSA) is 58.9 Å². The van der Waals surface area contributed by atoms with Crippen molar-refractivity contribution in [2.45, 2.75) is 12.8 Å². The molecule has 0 unspecified atom stereocenters. The molecule has 2 aromatic rings. The molecule has 21 heavy (non-hydrogen) atoms. The van der Waals surface area contributed by atoms with Gasteiger partial charge in [-0.3, -0.25) is 0 Å². The minimum atomic E-state index is 0.112. The Bertz CT molecular complexity index is 510. The second-order valence-corrected chi connectivity index (χ2v) is 4.57. The van der Waals surface area contributed by atoms with E-state index in [9.17, 15) is 0 Å². The summed E-state index contributed by atoms with van der Waals surface area (Å²) in [4.78, 5) is 0. The van der Waals surface area contributed by atoms with Crippen molar-refractivity contribution in [3.8, 4) is 11.5 Å². The molecule has 0 heterocycles. The zero-order valence-corrected chi connectivity index (χ0v) is 11.7. The highest BCUT2D eigenvalue weighted by Gasteiger charge is 2.03. The SMILES string of the molecule is OCCc1cccc(O[B]Oc2cccc(CCO)c2)c1. The third-order valence-electron chi connectivity index (χ3n) is 2.97. The molecule has 0 spiro atoms. The average Bonchev–Trinajstić information content (AvgIpc) is 2.49. The highest BCUT2D eigenvalue weighted by molar-refractivity contribution is 6.20. The van der Waals surface area contributed by atoms with Crippen molar-refractivity contribution in [1.82, 2.24) is 0 Å². The molecule has 0 aliphatic heterocycles. The lowest BCUT2D eigenvalue weighted by atomic mass is 10.1. The van der Waals surface area contributed by atoms with Gasteiger partial charge in [0.2, 0.25) is 0 Å². The summed E-state index contributed by atoms with van der Waals surface area (Å²) in [5.74, 6) is 1.32. The molecule has 2 N–H and O–H groups in total. The van der Waals surface area contributed by atoms with Crippen LogP contribution in [0.4, 0.5) is 0 Å². The van der Waals surface area contributed by atoms with E-state index in [1.165, 1.54) is 7.69 Å². The predicted octanol–water partition coefficient (Wildman–Crippen LogP) is 1.75. The molecule has 0 fully saturated rings. The molecule has 109 valence electrons. The standard InChI is InChI=1S/C16H18BO4/c18-9-7-13-3-1-5-15(11-13)20-17-21-16-6-2-4-14(12-16)8-10-19/h1-6,11-12,18-19H,7-10H2. The van der Waals surface area contributed by atoms with Crippen molar-refractivity contribution in [1.29, 1.82) is 0 Å². The van der Waals surface area contributed by atoms with Crippen LogP contribution in [0.15, 0.2) is 48.5 Å². The van der Waals surface area contributed by atoms with Gasteiger partial charge in [0.05, 0.1) is 0 Å². The molecule has 0 aromatic heterocycles. The molecule has 4 nitrogen and oxygen atoms in total. The van der Waals surface area contributed by atoms with Crippen LogP contribution in [0.3, 0.4) is 0 Å². The van der Waals surface area contributed by atoms with Gasteiger partial charge >= 0.3 is 7.69 Å². The molecule has 0 bridgehead atoms. The minimum Gasteiger partial charge on any atom is -0.526 e. The summed E-state index contributed by atoms with van der Waals surface area (Å²) in [5, 5.41) is 17.8. The number of aliphatic hydroxyl groups is 2. The monoisotopic (exact) mass is 285 g/mol. The molecule has 0 saturated carbocycles. The summed E-state index contributed by atoms with van der Waals surface area (Å²) < 4.78 is 10.8. The summed E-state index contributed by atoms with van der Waals surface area (Å²) in [6, 6.07) is 15.0. The first-order chi connectivity index (χ1) is 10.3. The first-order valence-corrected chi connectivity index (χ1v) is 6.86. The van der Waals surface area contributed by atoms with Gasteiger partial charge in [-0.15, -0.1) is 0 Å². The number of aliphatic hydroxyl groups excluding tert-OH is 2. The smallest absolute Gasteiger partial charge is 0.526 e. The van der Waals surface area contributed by atoms with Gasteiger partial charge in [0.25, 0.3) is 0 Å². The molecule has 5 heteroatoms. The average molecular weight is 285 g/mol. The molecule has 2 rings (SSSR count). The second kappa shape index (κ2) is 8.34. The lowest BCUT2D eigenvalue weighted by Gasteiger charge is -2.08. The second-order valence-electron chi connectivity index (χ2n) is 4.57. The lowest BCUT2D eigenvalue weighted by Crippen LogP contribution is -2.11. The van der Waals surface area contributed by atoms with Gasteiger partial charge in [-0.2, -0.15) is 0 Å². The van der Waals surface area contributed by atoms with E-state index in [4.69, 9.17) is 19.5 Å². The van der Waals surface area contributed by atoms with E-state index in [0.717, 1.165) is 11.1 Å². The quantitative estimate of drug-likeness (QED) is 0.725. The summed E-state index contributed by atoms with van der Waals surface area (Å²) in [6.45, 7) is 0.225. The lowest BCUT2D eigenvalue weighted by molar-refractivity contribution is 0.299. The number of hydrogen-bond acceptors (Lipinski definition) is 4. The molecule has 0 atom stereocenters. The van der Waals surface area contributed by atoms with Gasteiger partial charge in [0.1, 0.15) is 11.5 Å². The van der Waals surface area contributed by atoms with E-state index in [-0.39, 0.29) is 13.2 Å². The van der Waals surface area contributed by atoms with Crippen molar-refractivity contribution >= 4 is 7.69 Å². The van der Waals surface area contributed by atoms with Crippen molar-refractivity contribution in [2.24, 2.45) is 0 Å². The van der Waals surface area contributed by atoms with Crippen LogP contribution in [0.2, 0.25) is 0 Å². The zero-order chi connectivity index (χ0) is 14.9. The molecular weight excluding hydrogens is 267 g/mol. The Morgan fingerprint density at radius 1 is 0.762 bits per heavy atom. The van der Waals surface area contributed by atoms with Crippen LogP contribution in [-0.4, -0.2) is 31.1 Å². The number of rotatable bonds is 8. The Morgan fingerprint density at radius 3 is 1.67 bits per heavy atom. The van der Waals surface area contributed by atoms with E-state index >= 15 is 0 Å². The van der Waals surface area contributed by atoms with Crippen LogP contribution in [0, 0.1) is 0 Å². The van der Waals surface area contributed by atoms with Crippen LogP contribution < -0.4 is 9.31 Å². The predicted molar refractivity (Wildman–Crippen MR) is 81.5 cm³/mol. The van der Waals surface area contributed by atoms with Crippen molar-refractivity contribution < 1.29 is 19.5 Å². The Balaban J connectivity index is 1.86. The van der Waals surface area contributed by atoms with E-state index in [0.29, 0.717) is 24.3 Å². The largest absolute Gasteiger partial charge is 0.658 e. The summed E-state index contributed by atoms with van der Waals surface area (Å²) >= 11 is 0. The van der Waals surface area contributed by atoms with Gasteiger partial charge in [0, 0.05) is 13.2 Å². The maximum Gasteiger partial charge on any atom is 0.658 e. The number of benzene rings is 2. The molecular formula is C16H18BO4. The van der Waals surface area contributed by atoms with Crippen LogP contribution >= 0.6 is 0 Å². The maximum atomic E-state index is 8.91. The molecule has 0 aliphatic rings. The van der Waals surface area contributed by atoms with Gasteiger partial charge < -0.3 is 19.5 Å². The van der Waals surface area contributed by atoms with E-state index in [1.54, 1.807) is 0 Å². The third kappa shape index (κ3) is 5.13. The third-order valence-corrected chi connectivity index (χ3v) is 2.97. The molecule has 0 amide bonds. The summed E-state index contributed by atoms with van der Waals surface area (Å²) in [5.41, 5.74) is 2.02. The Kier molecular flexibility index (Phi) is 6.12. The van der Waals surface area contributed by atoms with Crippen molar-refractivity contribution in [2.75, 3.05) is 13.2 Å².